The van der Waals surface area contributed by atoms with Gasteiger partial charge in [0.15, 0.2) is 11.0 Å². The summed E-state index contributed by atoms with van der Waals surface area (Å²) in [6.45, 7) is 4.29. The minimum Gasteiger partial charge on any atom is -0.354 e. The lowest BCUT2D eigenvalue weighted by atomic mass is 10.3. The molecule has 26 heavy (non-hydrogen) atoms. The first-order valence-corrected chi connectivity index (χ1v) is 10.6. The van der Waals surface area contributed by atoms with Gasteiger partial charge in [-0.05, 0) is 37.6 Å². The van der Waals surface area contributed by atoms with Crippen LogP contribution in [0.15, 0.2) is 22.7 Å². The van der Waals surface area contributed by atoms with E-state index in [1.807, 2.05) is 24.4 Å². The number of aromatic nitrogens is 3. The Hall–Kier alpha value is -1.87. The van der Waals surface area contributed by atoms with Crippen LogP contribution in [0.4, 0.5) is 0 Å². The topological polar surface area (TPSA) is 88.9 Å². The van der Waals surface area contributed by atoms with Gasteiger partial charge in [0.1, 0.15) is 6.04 Å². The maximum absolute atomic E-state index is 12.2. The molecule has 9 heteroatoms. The summed E-state index contributed by atoms with van der Waals surface area (Å²) >= 11 is 3.00. The molecule has 0 saturated heterocycles. The summed E-state index contributed by atoms with van der Waals surface area (Å²) in [5.74, 6) is 0.738. The molecule has 140 valence electrons. The molecule has 1 aliphatic carbocycles. The van der Waals surface area contributed by atoms with Gasteiger partial charge in [-0.15, -0.1) is 21.5 Å². The average molecular weight is 394 g/mol. The standard InChI is InChI=1S/C17H23N5O2S2/c1-3-8-18-16(24)11(2)19-14(23)10-26-17-21-20-15(13-5-4-9-25-13)22(17)12-6-7-12/h4-5,9,11-12H,3,6-8,10H2,1-2H3,(H,18,24)(H,19,23)/t11-/m1/s1. The summed E-state index contributed by atoms with van der Waals surface area (Å²) < 4.78 is 2.14. The van der Waals surface area contributed by atoms with E-state index in [1.54, 1.807) is 18.3 Å². The predicted octanol–water partition coefficient (Wildman–Crippen LogP) is 2.46. The van der Waals surface area contributed by atoms with E-state index in [4.69, 9.17) is 0 Å². The fourth-order valence-electron chi connectivity index (χ4n) is 2.49. The van der Waals surface area contributed by atoms with Crippen molar-refractivity contribution in [3.05, 3.63) is 17.5 Å². The van der Waals surface area contributed by atoms with Gasteiger partial charge in [0, 0.05) is 12.6 Å². The molecule has 1 fully saturated rings. The zero-order valence-corrected chi connectivity index (χ0v) is 16.5. The monoisotopic (exact) mass is 393 g/mol. The lowest BCUT2D eigenvalue weighted by Gasteiger charge is -2.13. The SMILES string of the molecule is CCCNC(=O)[C@@H](C)NC(=O)CSc1nnc(-c2cccs2)n1C1CC1. The third-order valence-electron chi connectivity index (χ3n) is 3.97. The highest BCUT2D eigenvalue weighted by molar-refractivity contribution is 7.99. The molecule has 0 spiro atoms. The van der Waals surface area contributed by atoms with Gasteiger partial charge in [-0.1, -0.05) is 24.8 Å². The minimum atomic E-state index is -0.544. The Labute approximate surface area is 161 Å². The Bertz CT molecular complexity index is 755. The van der Waals surface area contributed by atoms with Crippen molar-refractivity contribution in [3.63, 3.8) is 0 Å². The van der Waals surface area contributed by atoms with Gasteiger partial charge >= 0.3 is 0 Å². The van der Waals surface area contributed by atoms with E-state index in [0.29, 0.717) is 12.6 Å². The first-order chi connectivity index (χ1) is 12.6. The molecule has 2 aromatic heterocycles. The van der Waals surface area contributed by atoms with Crippen molar-refractivity contribution in [2.24, 2.45) is 0 Å². The number of carbonyl (C=O) groups excluding carboxylic acids is 2. The lowest BCUT2D eigenvalue weighted by Crippen LogP contribution is -2.45. The van der Waals surface area contributed by atoms with Gasteiger partial charge in [0.25, 0.3) is 0 Å². The van der Waals surface area contributed by atoms with Crippen LogP contribution in [-0.2, 0) is 9.59 Å². The highest BCUT2D eigenvalue weighted by Gasteiger charge is 2.30. The van der Waals surface area contributed by atoms with Crippen LogP contribution in [0.25, 0.3) is 10.7 Å². The molecule has 1 saturated carbocycles. The average Bonchev–Trinajstić information content (AvgIpc) is 3.15. The number of hydrogen-bond donors (Lipinski definition) is 2. The van der Waals surface area contributed by atoms with Crippen LogP contribution in [0, 0.1) is 0 Å². The second-order valence-corrected chi connectivity index (χ2v) is 8.14. The number of carbonyl (C=O) groups is 2. The first-order valence-electron chi connectivity index (χ1n) is 8.78. The molecule has 2 amide bonds. The number of hydrogen-bond acceptors (Lipinski definition) is 6. The Morgan fingerprint density at radius 2 is 2.23 bits per heavy atom. The number of thioether (sulfide) groups is 1. The van der Waals surface area contributed by atoms with E-state index in [9.17, 15) is 9.59 Å². The van der Waals surface area contributed by atoms with Crippen LogP contribution in [-0.4, -0.2) is 44.9 Å². The molecule has 0 bridgehead atoms. The smallest absolute Gasteiger partial charge is 0.242 e. The molecule has 1 atom stereocenters. The Kier molecular flexibility index (Phi) is 6.31. The van der Waals surface area contributed by atoms with Crippen molar-refractivity contribution >= 4 is 34.9 Å². The fraction of sp³-hybridized carbons (Fsp3) is 0.529. The Balaban J connectivity index is 1.58. The van der Waals surface area contributed by atoms with Crippen molar-refractivity contribution in [3.8, 4) is 10.7 Å². The van der Waals surface area contributed by atoms with Crippen LogP contribution >= 0.6 is 23.1 Å². The molecule has 2 heterocycles. The van der Waals surface area contributed by atoms with E-state index in [0.717, 1.165) is 35.1 Å². The summed E-state index contributed by atoms with van der Waals surface area (Å²) in [5, 5.41) is 16.9. The zero-order chi connectivity index (χ0) is 18.5. The third-order valence-corrected chi connectivity index (χ3v) is 5.78. The quantitative estimate of drug-likeness (QED) is 0.639. The number of nitrogens with zero attached hydrogens (tertiary/aromatic N) is 3. The molecule has 3 rings (SSSR count). The molecule has 1 aliphatic rings. The summed E-state index contributed by atoms with van der Waals surface area (Å²) in [5.41, 5.74) is 0. The van der Waals surface area contributed by atoms with Gasteiger partial charge in [0.05, 0.1) is 10.6 Å². The second kappa shape index (κ2) is 8.68. The maximum Gasteiger partial charge on any atom is 0.242 e. The maximum atomic E-state index is 12.2. The summed E-state index contributed by atoms with van der Waals surface area (Å²) in [6, 6.07) is 3.91. The molecule has 7 nitrogen and oxygen atoms in total. The number of rotatable bonds is 9. The van der Waals surface area contributed by atoms with E-state index in [1.165, 1.54) is 11.8 Å². The van der Waals surface area contributed by atoms with Crippen molar-refractivity contribution in [1.29, 1.82) is 0 Å². The largest absolute Gasteiger partial charge is 0.354 e. The van der Waals surface area contributed by atoms with E-state index in [-0.39, 0.29) is 17.6 Å². The summed E-state index contributed by atoms with van der Waals surface area (Å²) in [6.07, 6.45) is 3.10. The fourth-order valence-corrected chi connectivity index (χ4v) is 4.01. The Morgan fingerprint density at radius 1 is 1.42 bits per heavy atom. The second-order valence-electron chi connectivity index (χ2n) is 6.25. The minimum absolute atomic E-state index is 0.161. The number of thiophene rings is 1. The summed E-state index contributed by atoms with van der Waals surface area (Å²) in [7, 11) is 0. The predicted molar refractivity (Wildman–Crippen MR) is 103 cm³/mol. The van der Waals surface area contributed by atoms with E-state index < -0.39 is 6.04 Å². The molecule has 0 unspecified atom stereocenters. The van der Waals surface area contributed by atoms with Crippen molar-refractivity contribution in [1.82, 2.24) is 25.4 Å². The third kappa shape index (κ3) is 4.64. The molecule has 2 N–H and O–H groups in total. The Morgan fingerprint density at radius 3 is 2.88 bits per heavy atom. The lowest BCUT2D eigenvalue weighted by molar-refractivity contribution is -0.127. The molecule has 2 aromatic rings. The first kappa shape index (κ1) is 18.9. The number of amides is 2. The summed E-state index contributed by atoms with van der Waals surface area (Å²) in [4.78, 5) is 25.1. The van der Waals surface area contributed by atoms with Crippen LogP contribution in [0.5, 0.6) is 0 Å². The highest BCUT2D eigenvalue weighted by Crippen LogP contribution is 2.41. The molecule has 0 radical (unpaired) electrons. The van der Waals surface area contributed by atoms with E-state index >= 15 is 0 Å². The molecular formula is C17H23N5O2S2. The molecular weight excluding hydrogens is 370 g/mol. The van der Waals surface area contributed by atoms with Gasteiger partial charge in [0.2, 0.25) is 11.8 Å². The van der Waals surface area contributed by atoms with Crippen LogP contribution in [0.2, 0.25) is 0 Å². The highest BCUT2D eigenvalue weighted by atomic mass is 32.2. The van der Waals surface area contributed by atoms with Crippen molar-refractivity contribution < 1.29 is 9.59 Å². The van der Waals surface area contributed by atoms with Crippen molar-refractivity contribution in [2.75, 3.05) is 12.3 Å². The van der Waals surface area contributed by atoms with Crippen LogP contribution in [0.1, 0.15) is 39.2 Å². The van der Waals surface area contributed by atoms with Gasteiger partial charge in [-0.25, -0.2) is 0 Å². The molecule has 0 aromatic carbocycles. The molecule has 0 aliphatic heterocycles. The zero-order valence-electron chi connectivity index (χ0n) is 14.9. The van der Waals surface area contributed by atoms with Gasteiger partial charge in [-0.2, -0.15) is 0 Å². The number of nitrogens with one attached hydrogen (secondary N) is 2. The van der Waals surface area contributed by atoms with Gasteiger partial charge < -0.3 is 10.6 Å². The van der Waals surface area contributed by atoms with Gasteiger partial charge in [-0.3, -0.25) is 14.2 Å². The van der Waals surface area contributed by atoms with Crippen molar-refractivity contribution in [2.45, 2.75) is 50.4 Å². The van der Waals surface area contributed by atoms with Crippen LogP contribution in [0.3, 0.4) is 0 Å². The van der Waals surface area contributed by atoms with Crippen LogP contribution < -0.4 is 10.6 Å². The van der Waals surface area contributed by atoms with E-state index in [2.05, 4.69) is 25.4 Å². The normalized spacial score (nSPS) is 14.8.